The summed E-state index contributed by atoms with van der Waals surface area (Å²) in [6.45, 7) is 1.81. The lowest BCUT2D eigenvalue weighted by molar-refractivity contribution is -0.141. The average molecular weight is 307 g/mol. The van der Waals surface area contributed by atoms with Gasteiger partial charge in [0, 0.05) is 5.69 Å². The van der Waals surface area contributed by atoms with Gasteiger partial charge in [0.05, 0.1) is 12.1 Å². The van der Waals surface area contributed by atoms with Crippen LogP contribution in [0, 0.1) is 0 Å². The second kappa shape index (κ2) is 8.66. The van der Waals surface area contributed by atoms with Crippen molar-refractivity contribution in [1.29, 1.82) is 0 Å². The topological polar surface area (TPSA) is 122 Å². The van der Waals surface area contributed by atoms with Gasteiger partial charge in [-0.15, -0.1) is 0 Å². The Labute approximate surface area is 128 Å². The Morgan fingerprint density at radius 3 is 2.55 bits per heavy atom. The van der Waals surface area contributed by atoms with E-state index in [1.54, 1.807) is 24.3 Å². The maximum Gasteiger partial charge on any atom is 0.326 e. The highest BCUT2D eigenvalue weighted by atomic mass is 16.4. The Morgan fingerprint density at radius 1 is 1.27 bits per heavy atom. The number of hydrogen-bond acceptors (Lipinski definition) is 4. The van der Waals surface area contributed by atoms with E-state index in [4.69, 9.17) is 10.8 Å². The SMILES string of the molecule is CCCC[C@H](NC(=O)CNc1ccccc1C(N)=O)C(=O)O. The number of carbonyl (C=O) groups is 3. The molecule has 0 aromatic heterocycles. The van der Waals surface area contributed by atoms with Gasteiger partial charge in [0.15, 0.2) is 0 Å². The maximum absolute atomic E-state index is 11.8. The van der Waals surface area contributed by atoms with Crippen LogP contribution in [0.15, 0.2) is 24.3 Å². The number of nitrogens with two attached hydrogens (primary N) is 1. The van der Waals surface area contributed by atoms with Crippen LogP contribution < -0.4 is 16.4 Å². The Morgan fingerprint density at radius 2 is 1.95 bits per heavy atom. The normalized spacial score (nSPS) is 11.5. The van der Waals surface area contributed by atoms with Crippen molar-refractivity contribution in [2.24, 2.45) is 5.73 Å². The zero-order valence-corrected chi connectivity index (χ0v) is 12.5. The van der Waals surface area contributed by atoms with E-state index in [9.17, 15) is 14.4 Å². The lowest BCUT2D eigenvalue weighted by Gasteiger charge is -2.15. The third-order valence-electron chi connectivity index (χ3n) is 3.11. The summed E-state index contributed by atoms with van der Waals surface area (Å²) in [6, 6.07) is 5.63. The first-order chi connectivity index (χ1) is 10.5. The van der Waals surface area contributed by atoms with Gasteiger partial charge in [-0.2, -0.15) is 0 Å². The van der Waals surface area contributed by atoms with Crippen LogP contribution in [0.3, 0.4) is 0 Å². The first kappa shape index (κ1) is 17.5. The number of rotatable bonds is 9. The second-order valence-corrected chi connectivity index (χ2v) is 4.86. The molecule has 22 heavy (non-hydrogen) atoms. The minimum Gasteiger partial charge on any atom is -0.480 e. The van der Waals surface area contributed by atoms with Gasteiger partial charge in [0.25, 0.3) is 5.91 Å². The van der Waals surface area contributed by atoms with Crippen molar-refractivity contribution in [2.75, 3.05) is 11.9 Å². The zero-order valence-electron chi connectivity index (χ0n) is 12.5. The number of primary amides is 1. The summed E-state index contributed by atoms with van der Waals surface area (Å²) in [5.74, 6) is -2.11. The monoisotopic (exact) mass is 307 g/mol. The number of amides is 2. The van der Waals surface area contributed by atoms with Gasteiger partial charge in [-0.05, 0) is 18.6 Å². The molecule has 1 rings (SSSR count). The number of unbranched alkanes of at least 4 members (excludes halogenated alkanes) is 1. The number of hydrogen-bond donors (Lipinski definition) is 4. The highest BCUT2D eigenvalue weighted by Gasteiger charge is 2.19. The summed E-state index contributed by atoms with van der Waals surface area (Å²) >= 11 is 0. The van der Waals surface area contributed by atoms with E-state index >= 15 is 0 Å². The lowest BCUT2D eigenvalue weighted by atomic mass is 10.1. The van der Waals surface area contributed by atoms with Crippen LogP contribution in [-0.4, -0.2) is 35.5 Å². The summed E-state index contributed by atoms with van der Waals surface area (Å²) in [5, 5.41) is 14.3. The van der Waals surface area contributed by atoms with Gasteiger partial charge in [-0.3, -0.25) is 9.59 Å². The number of carboxylic acids is 1. The first-order valence-corrected chi connectivity index (χ1v) is 7.10. The van der Waals surface area contributed by atoms with Crippen LogP contribution in [0.25, 0.3) is 0 Å². The molecule has 0 radical (unpaired) electrons. The summed E-state index contributed by atoms with van der Waals surface area (Å²) < 4.78 is 0. The molecule has 0 saturated heterocycles. The minimum atomic E-state index is -1.06. The minimum absolute atomic E-state index is 0.139. The predicted octanol–water partition coefficient (Wildman–Crippen LogP) is 0.957. The van der Waals surface area contributed by atoms with Crippen LogP contribution in [0.5, 0.6) is 0 Å². The van der Waals surface area contributed by atoms with Gasteiger partial charge < -0.3 is 21.5 Å². The number of nitrogens with one attached hydrogen (secondary N) is 2. The highest BCUT2D eigenvalue weighted by Crippen LogP contribution is 2.13. The number of carbonyl (C=O) groups excluding carboxylic acids is 2. The van der Waals surface area contributed by atoms with Crippen LogP contribution in [0.1, 0.15) is 36.5 Å². The second-order valence-electron chi connectivity index (χ2n) is 4.86. The number of benzene rings is 1. The molecule has 0 aliphatic rings. The molecule has 1 aromatic rings. The van der Waals surface area contributed by atoms with Crippen LogP contribution in [0.2, 0.25) is 0 Å². The van der Waals surface area contributed by atoms with E-state index in [1.807, 2.05) is 6.92 Å². The van der Waals surface area contributed by atoms with Crippen molar-refractivity contribution in [3.63, 3.8) is 0 Å². The molecular formula is C15H21N3O4. The molecule has 0 aliphatic heterocycles. The molecule has 0 bridgehead atoms. The summed E-state index contributed by atoms with van der Waals surface area (Å²) in [6.07, 6.45) is 1.95. The fraction of sp³-hybridized carbons (Fsp3) is 0.400. The molecule has 0 fully saturated rings. The molecule has 7 heteroatoms. The smallest absolute Gasteiger partial charge is 0.326 e. The molecule has 0 aliphatic carbocycles. The zero-order chi connectivity index (χ0) is 16.5. The van der Waals surface area contributed by atoms with Crippen LogP contribution >= 0.6 is 0 Å². The van der Waals surface area contributed by atoms with Crippen molar-refractivity contribution >= 4 is 23.5 Å². The van der Waals surface area contributed by atoms with Gasteiger partial charge in [-0.1, -0.05) is 31.9 Å². The molecule has 1 atom stereocenters. The largest absolute Gasteiger partial charge is 0.480 e. The molecule has 0 heterocycles. The average Bonchev–Trinajstić information content (AvgIpc) is 2.49. The van der Waals surface area contributed by atoms with E-state index in [0.29, 0.717) is 12.1 Å². The summed E-state index contributed by atoms with van der Waals surface area (Å²) in [4.78, 5) is 34.1. The van der Waals surface area contributed by atoms with Gasteiger partial charge >= 0.3 is 5.97 Å². The maximum atomic E-state index is 11.8. The van der Waals surface area contributed by atoms with E-state index in [0.717, 1.165) is 12.8 Å². The standard InChI is InChI=1S/C15H21N3O4/c1-2-3-7-12(15(21)22)18-13(19)9-17-11-8-5-4-6-10(11)14(16)20/h4-6,8,12,17H,2-3,7,9H2,1H3,(H2,16,20)(H,18,19)(H,21,22)/t12-/m0/s1. The molecule has 0 unspecified atom stereocenters. The van der Waals surface area contributed by atoms with Gasteiger partial charge in [0.1, 0.15) is 6.04 Å². The Hall–Kier alpha value is -2.57. The van der Waals surface area contributed by atoms with Crippen LogP contribution in [0.4, 0.5) is 5.69 Å². The Bertz CT molecular complexity index is 545. The number of para-hydroxylation sites is 1. The van der Waals surface area contributed by atoms with Crippen molar-refractivity contribution in [3.05, 3.63) is 29.8 Å². The molecule has 7 nitrogen and oxygen atoms in total. The quantitative estimate of drug-likeness (QED) is 0.541. The lowest BCUT2D eigenvalue weighted by Crippen LogP contribution is -2.43. The number of anilines is 1. The van der Waals surface area contributed by atoms with Crippen LogP contribution in [-0.2, 0) is 9.59 Å². The first-order valence-electron chi connectivity index (χ1n) is 7.10. The molecule has 1 aromatic carbocycles. The Kier molecular flexibility index (Phi) is 6.88. The van der Waals surface area contributed by atoms with E-state index in [2.05, 4.69) is 10.6 Å². The molecule has 5 N–H and O–H groups in total. The van der Waals surface area contributed by atoms with Crippen molar-refractivity contribution < 1.29 is 19.5 Å². The van der Waals surface area contributed by atoms with E-state index in [1.165, 1.54) is 0 Å². The van der Waals surface area contributed by atoms with Crippen molar-refractivity contribution in [3.8, 4) is 0 Å². The molecule has 0 spiro atoms. The molecule has 0 saturated carbocycles. The fourth-order valence-electron chi connectivity index (χ4n) is 1.94. The van der Waals surface area contributed by atoms with Crippen molar-refractivity contribution in [2.45, 2.75) is 32.2 Å². The highest BCUT2D eigenvalue weighted by molar-refractivity contribution is 5.99. The Balaban J connectivity index is 2.59. The predicted molar refractivity (Wildman–Crippen MR) is 82.5 cm³/mol. The van der Waals surface area contributed by atoms with E-state index in [-0.39, 0.29) is 12.1 Å². The fourth-order valence-corrected chi connectivity index (χ4v) is 1.94. The van der Waals surface area contributed by atoms with Crippen molar-refractivity contribution in [1.82, 2.24) is 5.32 Å². The number of carboxylic acid groups (broad SMARTS) is 1. The number of aliphatic carboxylic acids is 1. The van der Waals surface area contributed by atoms with Gasteiger partial charge in [-0.25, -0.2) is 4.79 Å². The third-order valence-corrected chi connectivity index (χ3v) is 3.11. The van der Waals surface area contributed by atoms with E-state index < -0.39 is 23.8 Å². The summed E-state index contributed by atoms with van der Waals surface area (Å²) in [7, 11) is 0. The molecular weight excluding hydrogens is 286 g/mol. The molecule has 2 amide bonds. The molecule has 120 valence electrons. The summed E-state index contributed by atoms with van der Waals surface area (Å²) in [5.41, 5.74) is 5.95. The third kappa shape index (κ3) is 5.43. The van der Waals surface area contributed by atoms with Gasteiger partial charge in [0.2, 0.25) is 5.91 Å².